The van der Waals surface area contributed by atoms with Crippen molar-refractivity contribution in [2.24, 2.45) is 5.92 Å². The van der Waals surface area contributed by atoms with Crippen LogP contribution in [0.15, 0.2) is 57.2 Å². The number of aromatic nitrogens is 5. The van der Waals surface area contributed by atoms with Crippen molar-refractivity contribution in [3.63, 3.8) is 0 Å². The van der Waals surface area contributed by atoms with Gasteiger partial charge in [0.05, 0.1) is 18.5 Å². The van der Waals surface area contributed by atoms with Gasteiger partial charge in [-0.15, -0.1) is 10.2 Å². The Balaban J connectivity index is 1.42. The number of anilines is 1. The standard InChI is InChI=1S/C23H26N6O2S/c1-16-5-8-27(9-6-16)22-25-26-23(29(22)14-19-4-3-11-31-19)32-15-18-13-21(30)28-10-7-17(2)12-20(28)24-18/h3-4,7,10-13,16H,5-6,8-9,14-15H2,1-2H3. The third-order valence-corrected chi connectivity index (χ3v) is 6.88. The third-order valence-electron chi connectivity index (χ3n) is 5.88. The van der Waals surface area contributed by atoms with Gasteiger partial charge in [-0.05, 0) is 55.5 Å². The molecule has 0 radical (unpaired) electrons. The van der Waals surface area contributed by atoms with Gasteiger partial charge >= 0.3 is 0 Å². The summed E-state index contributed by atoms with van der Waals surface area (Å²) in [4.78, 5) is 19.5. The van der Waals surface area contributed by atoms with E-state index in [9.17, 15) is 4.79 Å². The molecule has 0 unspecified atom stereocenters. The van der Waals surface area contributed by atoms with E-state index in [0.717, 1.165) is 60.0 Å². The molecule has 1 aliphatic heterocycles. The van der Waals surface area contributed by atoms with Crippen molar-refractivity contribution in [2.45, 2.75) is 44.1 Å². The van der Waals surface area contributed by atoms with Crippen molar-refractivity contribution in [1.82, 2.24) is 24.1 Å². The van der Waals surface area contributed by atoms with Crippen molar-refractivity contribution in [3.05, 3.63) is 70.2 Å². The first-order valence-corrected chi connectivity index (χ1v) is 11.9. The van der Waals surface area contributed by atoms with Gasteiger partial charge in [0.2, 0.25) is 5.95 Å². The van der Waals surface area contributed by atoms with E-state index in [0.29, 0.717) is 17.9 Å². The van der Waals surface area contributed by atoms with E-state index in [2.05, 4.69) is 31.6 Å². The van der Waals surface area contributed by atoms with Crippen LogP contribution in [0.25, 0.3) is 5.65 Å². The van der Waals surface area contributed by atoms with Crippen molar-refractivity contribution in [1.29, 1.82) is 0 Å². The summed E-state index contributed by atoms with van der Waals surface area (Å²) in [5.74, 6) is 3.00. The molecule has 0 aromatic carbocycles. The molecule has 0 saturated carbocycles. The maximum Gasteiger partial charge on any atom is 0.258 e. The Morgan fingerprint density at radius 1 is 1.19 bits per heavy atom. The Morgan fingerprint density at radius 2 is 2.03 bits per heavy atom. The lowest BCUT2D eigenvalue weighted by Gasteiger charge is -2.31. The second-order valence-electron chi connectivity index (χ2n) is 8.42. The Bertz CT molecular complexity index is 1270. The fourth-order valence-corrected chi connectivity index (χ4v) is 4.82. The van der Waals surface area contributed by atoms with E-state index in [-0.39, 0.29) is 5.56 Å². The van der Waals surface area contributed by atoms with Gasteiger partial charge in [-0.25, -0.2) is 4.98 Å². The quantitative estimate of drug-likeness (QED) is 0.414. The highest BCUT2D eigenvalue weighted by Gasteiger charge is 2.23. The minimum absolute atomic E-state index is 0.0780. The summed E-state index contributed by atoms with van der Waals surface area (Å²) in [7, 11) is 0. The molecular formula is C23H26N6O2S. The van der Waals surface area contributed by atoms with Crippen LogP contribution < -0.4 is 10.5 Å². The molecule has 0 amide bonds. The minimum atomic E-state index is -0.0780. The highest BCUT2D eigenvalue weighted by Crippen LogP contribution is 2.28. The number of pyridine rings is 1. The van der Waals surface area contributed by atoms with Crippen molar-refractivity contribution in [3.8, 4) is 0 Å². The van der Waals surface area contributed by atoms with Gasteiger partial charge in [0.15, 0.2) is 5.16 Å². The summed E-state index contributed by atoms with van der Waals surface area (Å²) in [6, 6.07) is 9.28. The van der Waals surface area contributed by atoms with Gasteiger partial charge < -0.3 is 9.32 Å². The molecule has 0 spiro atoms. The van der Waals surface area contributed by atoms with Gasteiger partial charge in [0.1, 0.15) is 11.4 Å². The highest BCUT2D eigenvalue weighted by molar-refractivity contribution is 7.98. The summed E-state index contributed by atoms with van der Waals surface area (Å²) in [6.45, 7) is 6.81. The molecule has 0 aliphatic carbocycles. The van der Waals surface area contributed by atoms with Crippen LogP contribution in [-0.2, 0) is 12.3 Å². The monoisotopic (exact) mass is 450 g/mol. The van der Waals surface area contributed by atoms with Crippen LogP contribution in [0.3, 0.4) is 0 Å². The minimum Gasteiger partial charge on any atom is -0.467 e. The van der Waals surface area contributed by atoms with E-state index in [4.69, 9.17) is 4.42 Å². The third kappa shape index (κ3) is 4.29. The number of nitrogens with zero attached hydrogens (tertiary/aromatic N) is 6. The number of rotatable bonds is 6. The van der Waals surface area contributed by atoms with E-state index >= 15 is 0 Å². The van der Waals surface area contributed by atoms with E-state index in [1.807, 2.05) is 31.2 Å². The molecular weight excluding hydrogens is 424 g/mol. The lowest BCUT2D eigenvalue weighted by atomic mass is 10.00. The second-order valence-corrected chi connectivity index (χ2v) is 9.37. The Morgan fingerprint density at radius 3 is 2.81 bits per heavy atom. The zero-order chi connectivity index (χ0) is 22.1. The second kappa shape index (κ2) is 8.82. The van der Waals surface area contributed by atoms with Crippen LogP contribution >= 0.6 is 11.8 Å². The van der Waals surface area contributed by atoms with Crippen LogP contribution in [0, 0.1) is 12.8 Å². The molecule has 32 heavy (non-hydrogen) atoms. The number of thioether (sulfide) groups is 1. The van der Waals surface area contributed by atoms with Gasteiger partial charge in [0.25, 0.3) is 5.56 Å². The molecule has 9 heteroatoms. The summed E-state index contributed by atoms with van der Waals surface area (Å²) in [6.07, 6.45) is 5.76. The Kier molecular flexibility index (Phi) is 5.73. The summed E-state index contributed by atoms with van der Waals surface area (Å²) >= 11 is 1.54. The normalized spacial score (nSPS) is 15.0. The van der Waals surface area contributed by atoms with Crippen LogP contribution in [0.2, 0.25) is 0 Å². The first-order valence-electron chi connectivity index (χ1n) is 10.9. The average molecular weight is 451 g/mol. The summed E-state index contributed by atoms with van der Waals surface area (Å²) < 4.78 is 9.27. The molecule has 0 N–H and O–H groups in total. The van der Waals surface area contributed by atoms with Crippen molar-refractivity contribution >= 4 is 23.4 Å². The maximum absolute atomic E-state index is 12.5. The lowest BCUT2D eigenvalue weighted by molar-refractivity contribution is 0.427. The fraction of sp³-hybridized carbons (Fsp3) is 0.391. The first-order chi connectivity index (χ1) is 15.6. The zero-order valence-electron chi connectivity index (χ0n) is 18.3. The molecule has 4 aromatic rings. The Hall–Kier alpha value is -3.07. The highest BCUT2D eigenvalue weighted by atomic mass is 32.2. The van der Waals surface area contributed by atoms with Gasteiger partial charge in [-0.1, -0.05) is 18.7 Å². The summed E-state index contributed by atoms with van der Waals surface area (Å²) in [5, 5.41) is 9.81. The largest absolute Gasteiger partial charge is 0.467 e. The number of piperidine rings is 1. The SMILES string of the molecule is Cc1ccn2c(=O)cc(CSc3nnc(N4CCC(C)CC4)n3Cc3ccco3)nc2c1. The number of furan rings is 1. The molecule has 4 aromatic heterocycles. The maximum atomic E-state index is 12.5. The molecule has 5 rings (SSSR count). The van der Waals surface area contributed by atoms with Crippen LogP contribution in [-0.4, -0.2) is 37.2 Å². The lowest BCUT2D eigenvalue weighted by Crippen LogP contribution is -2.35. The molecule has 5 heterocycles. The predicted molar refractivity (Wildman–Crippen MR) is 124 cm³/mol. The Labute approximate surface area is 190 Å². The molecule has 1 saturated heterocycles. The topological polar surface area (TPSA) is 81.5 Å². The number of hydrogen-bond donors (Lipinski definition) is 0. The first kappa shape index (κ1) is 20.8. The molecule has 1 fully saturated rings. The smallest absolute Gasteiger partial charge is 0.258 e. The summed E-state index contributed by atoms with van der Waals surface area (Å²) in [5.41, 5.74) is 2.38. The van der Waals surface area contributed by atoms with E-state index in [1.165, 1.54) is 11.8 Å². The van der Waals surface area contributed by atoms with E-state index in [1.54, 1.807) is 22.9 Å². The molecule has 8 nitrogen and oxygen atoms in total. The van der Waals surface area contributed by atoms with Gasteiger partial charge in [0, 0.05) is 31.1 Å². The molecule has 0 bridgehead atoms. The number of hydrogen-bond acceptors (Lipinski definition) is 7. The zero-order valence-corrected chi connectivity index (χ0v) is 19.1. The van der Waals surface area contributed by atoms with Crippen molar-refractivity contribution in [2.75, 3.05) is 18.0 Å². The molecule has 1 aliphatic rings. The predicted octanol–water partition coefficient (Wildman–Crippen LogP) is 3.76. The van der Waals surface area contributed by atoms with Crippen LogP contribution in [0.4, 0.5) is 5.95 Å². The van der Waals surface area contributed by atoms with Gasteiger partial charge in [-0.2, -0.15) is 0 Å². The average Bonchev–Trinajstić information content (AvgIpc) is 3.43. The van der Waals surface area contributed by atoms with Crippen molar-refractivity contribution < 1.29 is 4.42 Å². The molecule has 166 valence electrons. The molecule has 0 atom stereocenters. The number of fused-ring (bicyclic) bond motifs is 1. The van der Waals surface area contributed by atoms with E-state index < -0.39 is 0 Å². The van der Waals surface area contributed by atoms with Crippen LogP contribution in [0.1, 0.15) is 36.8 Å². The van der Waals surface area contributed by atoms with Crippen LogP contribution in [0.5, 0.6) is 0 Å². The number of aryl methyl sites for hydroxylation is 1. The van der Waals surface area contributed by atoms with Gasteiger partial charge in [-0.3, -0.25) is 13.8 Å². The fourth-order valence-electron chi connectivity index (χ4n) is 3.99.